The first-order valence-electron chi connectivity index (χ1n) is 8.24. The summed E-state index contributed by atoms with van der Waals surface area (Å²) < 4.78 is 0. The fourth-order valence-corrected chi connectivity index (χ4v) is 3.79. The Balaban J connectivity index is 1.94. The molecule has 0 spiro atoms. The van der Waals surface area contributed by atoms with Gasteiger partial charge in [-0.05, 0) is 29.9 Å². The second-order valence-electron chi connectivity index (χ2n) is 5.85. The number of rotatable bonds is 5. The van der Waals surface area contributed by atoms with Crippen LogP contribution in [0, 0.1) is 5.92 Å². The van der Waals surface area contributed by atoms with Crippen LogP contribution in [0.15, 0.2) is 52.9 Å². The van der Waals surface area contributed by atoms with E-state index in [9.17, 15) is 4.79 Å². The molecule has 0 saturated heterocycles. The van der Waals surface area contributed by atoms with Crippen molar-refractivity contribution >= 4 is 23.0 Å². The number of carbonyl (C=O) groups excluding carboxylic acids is 1. The number of thiophene rings is 1. The smallest absolute Gasteiger partial charge is 0.246 e. The zero-order valence-electron chi connectivity index (χ0n) is 13.6. The molecule has 0 unspecified atom stereocenters. The first-order valence-corrected chi connectivity index (χ1v) is 9.11. The molecule has 0 N–H and O–H groups in total. The van der Waals surface area contributed by atoms with Gasteiger partial charge in [0.25, 0.3) is 0 Å². The van der Waals surface area contributed by atoms with E-state index in [1.165, 1.54) is 0 Å². The SMILES string of the molecule is CCC(CC)C(=O)N1N=C(c2cccs2)C[C@H]1c1ccccc1. The Bertz CT molecular complexity index is 675. The molecule has 1 amide bonds. The summed E-state index contributed by atoms with van der Waals surface area (Å²) in [4.78, 5) is 14.1. The molecule has 2 aromatic rings. The van der Waals surface area contributed by atoms with Crippen molar-refractivity contribution in [3.05, 3.63) is 58.3 Å². The number of carbonyl (C=O) groups is 1. The number of nitrogens with zero attached hydrogens (tertiary/aromatic N) is 2. The van der Waals surface area contributed by atoms with E-state index in [1.54, 1.807) is 16.3 Å². The summed E-state index contributed by atoms with van der Waals surface area (Å²) >= 11 is 1.68. The lowest BCUT2D eigenvalue weighted by atomic mass is 9.98. The van der Waals surface area contributed by atoms with E-state index < -0.39 is 0 Å². The van der Waals surface area contributed by atoms with E-state index in [2.05, 4.69) is 37.4 Å². The molecular formula is C19H22N2OS. The number of hydrogen-bond donors (Lipinski definition) is 0. The lowest BCUT2D eigenvalue weighted by Gasteiger charge is -2.25. The topological polar surface area (TPSA) is 32.7 Å². The molecule has 4 heteroatoms. The molecule has 2 heterocycles. The molecule has 3 rings (SSSR count). The van der Waals surface area contributed by atoms with Gasteiger partial charge in [0.1, 0.15) is 0 Å². The van der Waals surface area contributed by atoms with E-state index in [-0.39, 0.29) is 17.9 Å². The summed E-state index contributed by atoms with van der Waals surface area (Å²) in [6, 6.07) is 14.4. The van der Waals surface area contributed by atoms with E-state index in [0.717, 1.165) is 35.4 Å². The van der Waals surface area contributed by atoms with Gasteiger partial charge in [0.2, 0.25) is 5.91 Å². The van der Waals surface area contributed by atoms with Crippen LogP contribution in [0.4, 0.5) is 0 Å². The molecule has 1 aliphatic rings. The standard InChI is InChI=1S/C19H22N2OS/c1-3-14(4-2)19(22)21-17(15-9-6-5-7-10-15)13-16(20-21)18-11-8-12-23-18/h5-12,14,17H,3-4,13H2,1-2H3/t17-/m0/s1. The zero-order chi connectivity index (χ0) is 16.2. The third kappa shape index (κ3) is 3.22. The Morgan fingerprint density at radius 3 is 2.57 bits per heavy atom. The predicted molar refractivity (Wildman–Crippen MR) is 95.6 cm³/mol. The van der Waals surface area contributed by atoms with Crippen LogP contribution in [0.1, 0.15) is 49.6 Å². The van der Waals surface area contributed by atoms with Gasteiger partial charge in [-0.1, -0.05) is 50.2 Å². The van der Waals surface area contributed by atoms with Crippen molar-refractivity contribution in [2.45, 2.75) is 39.2 Å². The Morgan fingerprint density at radius 1 is 1.22 bits per heavy atom. The maximum absolute atomic E-state index is 12.9. The van der Waals surface area contributed by atoms with Crippen LogP contribution < -0.4 is 0 Å². The van der Waals surface area contributed by atoms with Gasteiger partial charge in [0.15, 0.2) is 0 Å². The van der Waals surface area contributed by atoms with Crippen LogP contribution in [0.2, 0.25) is 0 Å². The van der Waals surface area contributed by atoms with Gasteiger partial charge in [0.05, 0.1) is 16.6 Å². The molecule has 0 saturated carbocycles. The van der Waals surface area contributed by atoms with Crippen molar-refractivity contribution < 1.29 is 4.79 Å². The third-order valence-corrected chi connectivity index (χ3v) is 5.38. The van der Waals surface area contributed by atoms with Crippen molar-refractivity contribution in [2.24, 2.45) is 11.0 Å². The highest BCUT2D eigenvalue weighted by Crippen LogP contribution is 2.35. The molecule has 0 bridgehead atoms. The second-order valence-corrected chi connectivity index (χ2v) is 6.80. The lowest BCUT2D eigenvalue weighted by molar-refractivity contribution is -0.137. The highest BCUT2D eigenvalue weighted by atomic mass is 32.1. The van der Waals surface area contributed by atoms with Crippen LogP contribution in [-0.2, 0) is 4.79 Å². The summed E-state index contributed by atoms with van der Waals surface area (Å²) in [5.41, 5.74) is 2.18. The molecular weight excluding hydrogens is 304 g/mol. The van der Waals surface area contributed by atoms with E-state index in [4.69, 9.17) is 5.10 Å². The first kappa shape index (κ1) is 15.9. The summed E-state index contributed by atoms with van der Waals surface area (Å²) in [5.74, 6) is 0.197. The maximum atomic E-state index is 12.9. The van der Waals surface area contributed by atoms with Gasteiger partial charge in [-0.15, -0.1) is 11.3 Å². The Labute approximate surface area is 141 Å². The average molecular weight is 326 g/mol. The summed E-state index contributed by atoms with van der Waals surface area (Å²) in [6.45, 7) is 4.15. The van der Waals surface area contributed by atoms with Crippen molar-refractivity contribution in [1.82, 2.24) is 5.01 Å². The quantitative estimate of drug-likeness (QED) is 0.772. The minimum atomic E-state index is 0.0152. The molecule has 1 atom stereocenters. The zero-order valence-corrected chi connectivity index (χ0v) is 14.4. The van der Waals surface area contributed by atoms with E-state index in [0.29, 0.717) is 0 Å². The molecule has 120 valence electrons. The summed E-state index contributed by atoms with van der Waals surface area (Å²) in [5, 5.41) is 8.51. The molecule has 0 aliphatic carbocycles. The number of hydrazone groups is 1. The maximum Gasteiger partial charge on any atom is 0.246 e. The highest BCUT2D eigenvalue weighted by molar-refractivity contribution is 7.12. The number of hydrogen-bond acceptors (Lipinski definition) is 3. The monoisotopic (exact) mass is 326 g/mol. The summed E-state index contributed by atoms with van der Waals surface area (Å²) in [6.07, 6.45) is 2.50. The van der Waals surface area contributed by atoms with Gasteiger partial charge in [0, 0.05) is 12.3 Å². The summed E-state index contributed by atoms with van der Waals surface area (Å²) in [7, 11) is 0. The van der Waals surface area contributed by atoms with Gasteiger partial charge in [-0.25, -0.2) is 5.01 Å². The van der Waals surface area contributed by atoms with E-state index in [1.807, 2.05) is 24.3 Å². The van der Waals surface area contributed by atoms with Crippen molar-refractivity contribution in [1.29, 1.82) is 0 Å². The van der Waals surface area contributed by atoms with Crippen molar-refractivity contribution in [3.8, 4) is 0 Å². The Kier molecular flexibility index (Phi) is 4.91. The molecule has 1 aromatic heterocycles. The van der Waals surface area contributed by atoms with Crippen LogP contribution in [0.3, 0.4) is 0 Å². The van der Waals surface area contributed by atoms with Crippen LogP contribution >= 0.6 is 11.3 Å². The Hall–Kier alpha value is -1.94. The first-order chi connectivity index (χ1) is 11.2. The van der Waals surface area contributed by atoms with Gasteiger partial charge in [-0.2, -0.15) is 5.10 Å². The predicted octanol–water partition coefficient (Wildman–Crippen LogP) is 4.86. The van der Waals surface area contributed by atoms with Crippen LogP contribution in [0.5, 0.6) is 0 Å². The third-order valence-electron chi connectivity index (χ3n) is 4.46. The molecule has 1 aromatic carbocycles. The lowest BCUT2D eigenvalue weighted by Crippen LogP contribution is -2.32. The normalized spacial score (nSPS) is 17.6. The number of amides is 1. The van der Waals surface area contributed by atoms with Crippen molar-refractivity contribution in [3.63, 3.8) is 0 Å². The fourth-order valence-electron chi connectivity index (χ4n) is 3.06. The van der Waals surface area contributed by atoms with Gasteiger partial charge < -0.3 is 0 Å². The van der Waals surface area contributed by atoms with E-state index >= 15 is 0 Å². The van der Waals surface area contributed by atoms with Crippen LogP contribution in [0.25, 0.3) is 0 Å². The molecule has 23 heavy (non-hydrogen) atoms. The fraction of sp³-hybridized carbons (Fsp3) is 0.368. The Morgan fingerprint density at radius 2 is 1.96 bits per heavy atom. The minimum Gasteiger partial charge on any atom is -0.273 e. The highest BCUT2D eigenvalue weighted by Gasteiger charge is 2.35. The number of benzene rings is 1. The van der Waals surface area contributed by atoms with Gasteiger partial charge in [-0.3, -0.25) is 4.79 Å². The van der Waals surface area contributed by atoms with Gasteiger partial charge >= 0.3 is 0 Å². The minimum absolute atomic E-state index is 0.0152. The largest absolute Gasteiger partial charge is 0.273 e. The molecule has 0 radical (unpaired) electrons. The van der Waals surface area contributed by atoms with Crippen LogP contribution in [-0.4, -0.2) is 16.6 Å². The average Bonchev–Trinajstić information content (AvgIpc) is 3.26. The molecule has 3 nitrogen and oxygen atoms in total. The van der Waals surface area contributed by atoms with Crippen molar-refractivity contribution in [2.75, 3.05) is 0 Å². The molecule has 1 aliphatic heterocycles. The molecule has 0 fully saturated rings. The second kappa shape index (κ2) is 7.09.